The molecule has 29 heavy (non-hydrogen) atoms. The zero-order valence-corrected chi connectivity index (χ0v) is 19.7. The van der Waals surface area contributed by atoms with Crippen LogP contribution in [0, 0.1) is 11.8 Å². The fourth-order valence-corrected chi connectivity index (χ4v) is 5.49. The van der Waals surface area contributed by atoms with E-state index in [4.69, 9.17) is 4.74 Å². The van der Waals surface area contributed by atoms with Crippen LogP contribution in [-0.2, 0) is 4.74 Å². The first-order valence-corrected chi connectivity index (χ1v) is 12.5. The lowest BCUT2D eigenvalue weighted by Gasteiger charge is -2.43. The Labute approximate surface area is 182 Å². The highest BCUT2D eigenvalue weighted by molar-refractivity contribution is 4.89. The van der Waals surface area contributed by atoms with Crippen molar-refractivity contribution in [3.63, 3.8) is 0 Å². The highest BCUT2D eigenvalue weighted by Gasteiger charge is 2.34. The minimum Gasteiger partial charge on any atom is -0.377 e. The molecule has 3 fully saturated rings. The average molecular weight is 411 g/mol. The molecule has 0 radical (unpaired) electrons. The minimum atomic E-state index is 0. The Morgan fingerprint density at radius 3 is 2.31 bits per heavy atom. The average Bonchev–Trinajstić information content (AvgIpc) is 2.66. The van der Waals surface area contributed by atoms with Gasteiger partial charge in [-0.1, -0.05) is 20.8 Å². The van der Waals surface area contributed by atoms with Gasteiger partial charge in [-0.15, -0.1) is 0 Å². The summed E-state index contributed by atoms with van der Waals surface area (Å²) in [5.41, 5.74) is 0. The van der Waals surface area contributed by atoms with E-state index in [9.17, 15) is 0 Å². The fourth-order valence-electron chi connectivity index (χ4n) is 5.49. The van der Waals surface area contributed by atoms with Crippen LogP contribution in [0.3, 0.4) is 0 Å². The van der Waals surface area contributed by atoms with Crippen LogP contribution in [0.4, 0.5) is 0 Å². The van der Waals surface area contributed by atoms with E-state index in [0.29, 0.717) is 6.10 Å². The van der Waals surface area contributed by atoms with E-state index in [0.717, 1.165) is 43.6 Å². The van der Waals surface area contributed by atoms with E-state index in [1.807, 2.05) is 0 Å². The molecule has 1 saturated heterocycles. The molecule has 0 spiro atoms. The number of nitrogens with zero attached hydrogens (tertiary/aromatic N) is 3. The van der Waals surface area contributed by atoms with Crippen molar-refractivity contribution < 1.29 is 6.16 Å². The monoisotopic (exact) mass is 410 g/mol. The number of hydrogen-bond acceptors (Lipinski definition) is 5. The molecule has 0 atom stereocenters. The van der Waals surface area contributed by atoms with Crippen molar-refractivity contribution in [3.8, 4) is 0 Å². The standard InChI is InChI=1S/C24H48N4O.H2/c1-5-25-22-8-6-21(7-9-22)19-26(4)23-16-24(17-23)29-15-14-27-10-12-28(13-11-27)18-20(2)3;/h20-25H,5-19H2,1-4H3;1H. The highest BCUT2D eigenvalue weighted by atomic mass is 16.5. The summed E-state index contributed by atoms with van der Waals surface area (Å²) in [6, 6.07) is 1.53. The first-order chi connectivity index (χ1) is 14.0. The smallest absolute Gasteiger partial charge is 0.0605 e. The molecule has 0 aromatic heterocycles. The number of nitrogens with one attached hydrogen (secondary N) is 1. The third-order valence-corrected chi connectivity index (χ3v) is 7.43. The van der Waals surface area contributed by atoms with Crippen molar-refractivity contribution in [2.75, 3.05) is 66.0 Å². The van der Waals surface area contributed by atoms with Gasteiger partial charge in [-0.05, 0) is 64.0 Å². The molecular formula is C24H50N4O. The second kappa shape index (κ2) is 12.0. The molecule has 5 nitrogen and oxygen atoms in total. The Kier molecular flexibility index (Phi) is 9.70. The van der Waals surface area contributed by atoms with Crippen LogP contribution in [0.2, 0.25) is 0 Å². The summed E-state index contributed by atoms with van der Waals surface area (Å²) >= 11 is 0. The van der Waals surface area contributed by atoms with Gasteiger partial charge >= 0.3 is 0 Å². The van der Waals surface area contributed by atoms with Crippen LogP contribution in [0.15, 0.2) is 0 Å². The second-order valence-corrected chi connectivity index (χ2v) is 10.4. The molecule has 0 unspecified atom stereocenters. The predicted octanol–water partition coefficient (Wildman–Crippen LogP) is 3.15. The van der Waals surface area contributed by atoms with Gasteiger partial charge in [0, 0.05) is 59.3 Å². The van der Waals surface area contributed by atoms with Gasteiger partial charge in [0.2, 0.25) is 0 Å². The fraction of sp³-hybridized carbons (Fsp3) is 1.00. The number of ether oxygens (including phenoxy) is 1. The van der Waals surface area contributed by atoms with Crippen LogP contribution in [0.25, 0.3) is 0 Å². The second-order valence-electron chi connectivity index (χ2n) is 10.4. The van der Waals surface area contributed by atoms with Gasteiger partial charge in [0.25, 0.3) is 0 Å². The summed E-state index contributed by atoms with van der Waals surface area (Å²) in [5, 5.41) is 3.63. The van der Waals surface area contributed by atoms with Crippen molar-refractivity contribution in [1.82, 2.24) is 20.0 Å². The summed E-state index contributed by atoms with van der Waals surface area (Å²) < 4.78 is 6.19. The van der Waals surface area contributed by atoms with Crippen LogP contribution in [-0.4, -0.2) is 98.9 Å². The maximum absolute atomic E-state index is 6.19. The van der Waals surface area contributed by atoms with E-state index >= 15 is 0 Å². The highest BCUT2D eigenvalue weighted by Crippen LogP contribution is 2.31. The number of rotatable bonds is 11. The van der Waals surface area contributed by atoms with E-state index in [2.05, 4.69) is 47.8 Å². The molecule has 2 saturated carbocycles. The number of piperazine rings is 1. The molecule has 2 aliphatic carbocycles. The van der Waals surface area contributed by atoms with Gasteiger partial charge in [-0.25, -0.2) is 0 Å². The molecule has 0 amide bonds. The Balaban J connectivity index is 0.00000320. The maximum Gasteiger partial charge on any atom is 0.0605 e. The van der Waals surface area contributed by atoms with Gasteiger partial charge in [0.05, 0.1) is 12.7 Å². The molecule has 172 valence electrons. The molecule has 1 N–H and O–H groups in total. The van der Waals surface area contributed by atoms with Gasteiger partial charge < -0.3 is 19.9 Å². The van der Waals surface area contributed by atoms with E-state index in [1.54, 1.807) is 0 Å². The topological polar surface area (TPSA) is 31.0 Å². The zero-order valence-electron chi connectivity index (χ0n) is 19.7. The van der Waals surface area contributed by atoms with Crippen LogP contribution in [0.1, 0.15) is 60.7 Å². The van der Waals surface area contributed by atoms with Crippen LogP contribution < -0.4 is 5.32 Å². The molecule has 1 aliphatic heterocycles. The first kappa shape index (κ1) is 23.5. The normalized spacial score (nSPS) is 32.1. The molecule has 5 heteroatoms. The lowest BCUT2D eigenvalue weighted by Crippen LogP contribution is -2.50. The van der Waals surface area contributed by atoms with Gasteiger partial charge in [0.1, 0.15) is 0 Å². The van der Waals surface area contributed by atoms with Crippen molar-refractivity contribution in [3.05, 3.63) is 0 Å². The summed E-state index contributed by atoms with van der Waals surface area (Å²) in [4.78, 5) is 7.83. The summed E-state index contributed by atoms with van der Waals surface area (Å²) in [6.07, 6.45) is 8.53. The van der Waals surface area contributed by atoms with Crippen LogP contribution >= 0.6 is 0 Å². The van der Waals surface area contributed by atoms with E-state index in [-0.39, 0.29) is 1.43 Å². The van der Waals surface area contributed by atoms with Crippen molar-refractivity contribution in [1.29, 1.82) is 0 Å². The van der Waals surface area contributed by atoms with Gasteiger partial charge in [0.15, 0.2) is 0 Å². The van der Waals surface area contributed by atoms with Crippen molar-refractivity contribution >= 4 is 0 Å². The number of hydrogen-bond donors (Lipinski definition) is 1. The zero-order chi connectivity index (χ0) is 20.6. The predicted molar refractivity (Wildman–Crippen MR) is 125 cm³/mol. The third kappa shape index (κ3) is 7.77. The van der Waals surface area contributed by atoms with Crippen molar-refractivity contribution in [2.24, 2.45) is 11.8 Å². The SMILES string of the molecule is CCNC1CCC(CN(C)C2CC(OCCN3CCN(CC(C)C)CC3)C2)CC1.[HH]. The van der Waals surface area contributed by atoms with Gasteiger partial charge in [-0.3, -0.25) is 4.90 Å². The summed E-state index contributed by atoms with van der Waals surface area (Å²) in [7, 11) is 2.34. The lowest BCUT2D eigenvalue weighted by molar-refractivity contribution is -0.0558. The molecule has 3 rings (SSSR count). The minimum absolute atomic E-state index is 0. The first-order valence-electron chi connectivity index (χ1n) is 12.5. The summed E-state index contributed by atoms with van der Waals surface area (Å²) in [6.45, 7) is 17.4. The largest absolute Gasteiger partial charge is 0.377 e. The van der Waals surface area contributed by atoms with Crippen molar-refractivity contribution in [2.45, 2.75) is 77.5 Å². The molecule has 3 aliphatic rings. The van der Waals surface area contributed by atoms with E-state index < -0.39 is 0 Å². The Morgan fingerprint density at radius 1 is 1.03 bits per heavy atom. The molecule has 1 heterocycles. The summed E-state index contributed by atoms with van der Waals surface area (Å²) in [5.74, 6) is 1.69. The van der Waals surface area contributed by atoms with Gasteiger partial charge in [-0.2, -0.15) is 0 Å². The Morgan fingerprint density at radius 2 is 1.69 bits per heavy atom. The molecule has 0 aromatic carbocycles. The molecule has 0 aromatic rings. The van der Waals surface area contributed by atoms with Crippen LogP contribution in [0.5, 0.6) is 0 Å². The Bertz CT molecular complexity index is 444. The quantitative estimate of drug-likeness (QED) is 0.565. The Hall–Kier alpha value is -0.200. The lowest BCUT2D eigenvalue weighted by atomic mass is 9.83. The third-order valence-electron chi connectivity index (χ3n) is 7.43. The molecule has 0 bridgehead atoms. The van der Waals surface area contributed by atoms with E-state index in [1.165, 1.54) is 77.8 Å². The molecular weight excluding hydrogens is 360 g/mol. The maximum atomic E-state index is 6.19.